The first-order valence-electron chi connectivity index (χ1n) is 12.5. The van der Waals surface area contributed by atoms with Gasteiger partial charge in [0.1, 0.15) is 28.7 Å². The number of hydrogen-bond acceptors (Lipinski definition) is 9. The van der Waals surface area contributed by atoms with E-state index >= 15 is 0 Å². The molecule has 214 valence electrons. The van der Waals surface area contributed by atoms with E-state index in [0.717, 1.165) is 5.57 Å². The number of rotatable bonds is 12. The van der Waals surface area contributed by atoms with Gasteiger partial charge in [-0.2, -0.15) is 0 Å². The smallest absolute Gasteiger partial charge is 0.243 e. The maximum Gasteiger partial charge on any atom is 0.243 e. The fourth-order valence-electron chi connectivity index (χ4n) is 3.74. The third-order valence-corrected chi connectivity index (χ3v) is 7.84. The van der Waals surface area contributed by atoms with Gasteiger partial charge < -0.3 is 14.2 Å². The van der Waals surface area contributed by atoms with Crippen LogP contribution in [-0.2, 0) is 10.0 Å². The number of aliphatic imine (C=N–C) groups is 2. The van der Waals surface area contributed by atoms with Crippen molar-refractivity contribution in [3.63, 3.8) is 0 Å². The van der Waals surface area contributed by atoms with E-state index in [0.29, 0.717) is 41.2 Å². The van der Waals surface area contributed by atoms with Crippen LogP contribution >= 0.6 is 0 Å². The van der Waals surface area contributed by atoms with Gasteiger partial charge in [-0.1, -0.05) is 24.6 Å². The Morgan fingerprint density at radius 2 is 1.75 bits per heavy atom. The predicted molar refractivity (Wildman–Crippen MR) is 156 cm³/mol. The van der Waals surface area contributed by atoms with Gasteiger partial charge in [-0.3, -0.25) is 9.29 Å². The van der Waals surface area contributed by atoms with Crippen LogP contribution in [0.4, 0.5) is 5.95 Å². The molecule has 1 aromatic carbocycles. The number of aromatic nitrogens is 4. The van der Waals surface area contributed by atoms with Gasteiger partial charge in [-0.15, -0.1) is 10.2 Å². The number of ether oxygens (including phenoxy) is 3. The first-order valence-corrected chi connectivity index (χ1v) is 14.1. The van der Waals surface area contributed by atoms with Crippen molar-refractivity contribution in [1.82, 2.24) is 19.7 Å². The largest absolute Gasteiger partial charge is 0.494 e. The predicted octanol–water partition coefficient (Wildman–Crippen LogP) is 4.53. The van der Waals surface area contributed by atoms with Gasteiger partial charge in [0.15, 0.2) is 5.82 Å². The Morgan fingerprint density at radius 3 is 2.33 bits per heavy atom. The number of pyridine rings is 1. The average Bonchev–Trinajstić information content (AvgIpc) is 3.34. The van der Waals surface area contributed by atoms with E-state index in [9.17, 15) is 8.42 Å². The van der Waals surface area contributed by atoms with Gasteiger partial charge in [-0.05, 0) is 52.6 Å². The van der Waals surface area contributed by atoms with Crippen molar-refractivity contribution in [2.24, 2.45) is 15.9 Å². The van der Waals surface area contributed by atoms with Crippen molar-refractivity contribution in [2.75, 3.05) is 25.5 Å². The lowest BCUT2D eigenvalue weighted by Gasteiger charge is -2.21. The fourth-order valence-corrected chi connectivity index (χ4v) is 4.98. The number of allylic oxidation sites excluding steroid dienone is 1. The summed E-state index contributed by atoms with van der Waals surface area (Å²) >= 11 is 0. The Bertz CT molecular complexity index is 1490. The molecular formula is C27H35N7O5S. The molecule has 2 aromatic heterocycles. The summed E-state index contributed by atoms with van der Waals surface area (Å²) in [7, 11) is -1.05. The molecule has 2 heterocycles. The maximum atomic E-state index is 13.7. The molecule has 1 N–H and O–H groups in total. The zero-order valence-electron chi connectivity index (χ0n) is 23.7. The highest BCUT2D eigenvalue weighted by Gasteiger charge is 2.33. The molecular weight excluding hydrogens is 534 g/mol. The number of amidine groups is 1. The van der Waals surface area contributed by atoms with Gasteiger partial charge in [0.25, 0.3) is 0 Å². The van der Waals surface area contributed by atoms with Crippen LogP contribution in [0.3, 0.4) is 0 Å². The third-order valence-electron chi connectivity index (χ3n) is 5.98. The number of anilines is 1. The van der Waals surface area contributed by atoms with Crippen LogP contribution in [0, 0.1) is 5.92 Å². The highest BCUT2D eigenvalue weighted by Crippen LogP contribution is 2.37. The molecule has 0 aliphatic carbocycles. The van der Waals surface area contributed by atoms with Gasteiger partial charge in [-0.25, -0.2) is 23.4 Å². The van der Waals surface area contributed by atoms with Gasteiger partial charge >= 0.3 is 0 Å². The molecule has 0 saturated heterocycles. The highest BCUT2D eigenvalue weighted by molar-refractivity contribution is 7.93. The monoisotopic (exact) mass is 569 g/mol. The van der Waals surface area contributed by atoms with E-state index in [1.807, 2.05) is 20.8 Å². The number of methoxy groups -OCH3 is 2. The molecule has 0 bridgehead atoms. The van der Waals surface area contributed by atoms with Gasteiger partial charge in [0, 0.05) is 18.2 Å². The Balaban J connectivity index is 2.18. The quantitative estimate of drug-likeness (QED) is 0.248. The molecule has 0 unspecified atom stereocenters. The number of nitrogens with one attached hydrogen (secondary N) is 1. The molecule has 3 aromatic rings. The van der Waals surface area contributed by atoms with Gasteiger partial charge in [0.05, 0.1) is 26.1 Å². The second-order valence-corrected chi connectivity index (χ2v) is 11.0. The number of para-hydroxylation sites is 1. The zero-order chi connectivity index (χ0) is 29.4. The molecule has 3 rings (SSSR count). The van der Waals surface area contributed by atoms with Crippen molar-refractivity contribution in [2.45, 2.75) is 39.9 Å². The third kappa shape index (κ3) is 6.65. The van der Waals surface area contributed by atoms with Crippen molar-refractivity contribution in [3.8, 4) is 34.6 Å². The second kappa shape index (κ2) is 13.2. The van der Waals surface area contributed by atoms with Crippen molar-refractivity contribution >= 4 is 28.5 Å². The molecule has 13 heteroatoms. The van der Waals surface area contributed by atoms with E-state index in [1.165, 1.54) is 18.8 Å². The molecule has 12 nitrogen and oxygen atoms in total. The molecule has 40 heavy (non-hydrogen) atoms. The normalized spacial score (nSPS) is 13.2. The zero-order valence-corrected chi connectivity index (χ0v) is 24.6. The lowest BCUT2D eigenvalue weighted by atomic mass is 10.1. The summed E-state index contributed by atoms with van der Waals surface area (Å²) in [6.07, 6.45) is 1.62. The van der Waals surface area contributed by atoms with Crippen LogP contribution in [0.15, 0.2) is 58.2 Å². The van der Waals surface area contributed by atoms with E-state index < -0.39 is 21.2 Å². The highest BCUT2D eigenvalue weighted by atomic mass is 32.2. The van der Waals surface area contributed by atoms with Crippen LogP contribution < -0.4 is 18.9 Å². The molecule has 0 aliphatic heterocycles. The van der Waals surface area contributed by atoms with E-state index in [2.05, 4.69) is 36.6 Å². The molecule has 0 saturated carbocycles. The fraction of sp³-hybridized carbons (Fsp3) is 0.370. The van der Waals surface area contributed by atoms with Crippen LogP contribution in [-0.4, -0.2) is 66.8 Å². The van der Waals surface area contributed by atoms with Crippen LogP contribution in [0.25, 0.3) is 17.2 Å². The topological polar surface area (TPSA) is 142 Å². The van der Waals surface area contributed by atoms with Crippen molar-refractivity contribution in [3.05, 3.63) is 48.2 Å². The van der Waals surface area contributed by atoms with Crippen molar-refractivity contribution < 1.29 is 22.6 Å². The molecule has 0 radical (unpaired) electrons. The summed E-state index contributed by atoms with van der Waals surface area (Å²) in [6.45, 7) is 12.9. The minimum atomic E-state index is -4.05. The Kier molecular flexibility index (Phi) is 9.99. The average molecular weight is 570 g/mol. The van der Waals surface area contributed by atoms with Gasteiger partial charge in [0.2, 0.25) is 21.9 Å². The minimum Gasteiger partial charge on any atom is -0.494 e. The number of nitrogens with zero attached hydrogens (tertiary/aromatic N) is 6. The first kappa shape index (κ1) is 30.3. The summed E-state index contributed by atoms with van der Waals surface area (Å²) < 4.78 is 48.2. The summed E-state index contributed by atoms with van der Waals surface area (Å²) in [5, 5.41) is 7.54. The minimum absolute atomic E-state index is 0.0881. The summed E-state index contributed by atoms with van der Waals surface area (Å²) in [6, 6.07) is 10.4. The van der Waals surface area contributed by atoms with Crippen LogP contribution in [0.5, 0.6) is 17.4 Å². The van der Waals surface area contributed by atoms with Crippen molar-refractivity contribution in [1.29, 1.82) is 0 Å². The first-order chi connectivity index (χ1) is 19.1. The molecule has 0 aliphatic rings. The van der Waals surface area contributed by atoms with Crippen LogP contribution in [0.2, 0.25) is 0 Å². The van der Waals surface area contributed by atoms with E-state index in [-0.39, 0.29) is 11.8 Å². The number of sulfonamides is 1. The van der Waals surface area contributed by atoms with Crippen LogP contribution in [0.1, 0.15) is 34.6 Å². The van der Waals surface area contributed by atoms with E-state index in [4.69, 9.17) is 14.2 Å². The molecule has 0 fully saturated rings. The lowest BCUT2D eigenvalue weighted by molar-refractivity contribution is 0.327. The summed E-state index contributed by atoms with van der Waals surface area (Å²) in [5.74, 6) is 1.03. The standard InChI is InChI=1S/C27H35N7O5S/c1-9-39-23-15-10-12-20(30-23)26-31-32-27(34(26)24-21(37-7)13-11-14-22(24)38-8)33-40(35,36)19(5)18(4)25(28-6)29-16-17(2)3/h10-16,18-19H,6,9H2,1-5,7-8H3,(H,32,33)/b29-25-/t18-,19-/m0/s1. The number of hydrogen-bond donors (Lipinski definition) is 1. The summed E-state index contributed by atoms with van der Waals surface area (Å²) in [5.41, 5.74) is 1.72. The molecule has 0 amide bonds. The SMILES string of the molecule is C=N/C(=N\C=C(C)C)[C@@H](C)[C@H](C)S(=O)(=O)Nc1nnc(-c2cccc(OCC)n2)n1-c1c(OC)cccc1OC. The Morgan fingerprint density at radius 1 is 1.10 bits per heavy atom. The lowest BCUT2D eigenvalue weighted by Crippen LogP contribution is -2.35. The molecule has 2 atom stereocenters. The second-order valence-electron chi connectivity index (χ2n) is 8.98. The Hall–Kier alpha value is -4.26. The molecule has 0 spiro atoms. The number of benzene rings is 1. The Labute approximate surface area is 234 Å². The van der Waals surface area contributed by atoms with E-state index in [1.54, 1.807) is 56.4 Å². The maximum absolute atomic E-state index is 13.7. The summed E-state index contributed by atoms with van der Waals surface area (Å²) in [4.78, 5) is 12.8.